The monoisotopic (exact) mass is 434 g/mol. The Morgan fingerprint density at radius 1 is 0.692 bits per heavy atom. The van der Waals surface area contributed by atoms with Crippen molar-refractivity contribution in [1.29, 1.82) is 0 Å². The molecule has 7 nitrogen and oxygen atoms in total. The first-order valence-electron chi connectivity index (χ1n) is 9.03. The maximum absolute atomic E-state index is 13.1. The first kappa shape index (κ1) is 26.6. The quantitative estimate of drug-likeness (QED) is 0.178. The predicted octanol–water partition coefficient (Wildman–Crippen LogP) is 5.96. The smallest absolute Gasteiger partial charge is 0.307 e. The van der Waals surface area contributed by atoms with E-state index in [0.29, 0.717) is 6.61 Å². The van der Waals surface area contributed by atoms with E-state index in [1.165, 1.54) is 0 Å². The number of hydrogen-bond acceptors (Lipinski definition) is 8. The lowest BCUT2D eigenvalue weighted by atomic mass is 10.2. The summed E-state index contributed by atoms with van der Waals surface area (Å²) in [6, 6.07) is 0. The summed E-state index contributed by atoms with van der Waals surface area (Å²) in [5.41, 5.74) is 0. The van der Waals surface area contributed by atoms with Gasteiger partial charge in [-0.2, -0.15) is 0 Å². The van der Waals surface area contributed by atoms with Crippen LogP contribution in [-0.2, 0) is 43.8 Å². The highest BCUT2D eigenvalue weighted by Gasteiger charge is 2.38. The summed E-state index contributed by atoms with van der Waals surface area (Å²) >= 11 is 5.37. The van der Waals surface area contributed by atoms with Crippen LogP contribution in [0, 0.1) is 23.7 Å². The first-order valence-corrected chi connectivity index (χ1v) is 13.1. The lowest BCUT2D eigenvalue weighted by molar-refractivity contribution is -0.223. The average Bonchev–Trinajstić information content (AvgIpc) is 2.49. The Labute approximate surface area is 164 Å². The predicted molar refractivity (Wildman–Crippen MR) is 107 cm³/mol. The van der Waals surface area contributed by atoms with Gasteiger partial charge in [-0.25, -0.2) is 13.8 Å². The first-order chi connectivity index (χ1) is 11.9. The molecule has 0 saturated carbocycles. The molecule has 1 unspecified atom stereocenters. The van der Waals surface area contributed by atoms with Gasteiger partial charge < -0.3 is 4.52 Å². The third-order valence-electron chi connectivity index (χ3n) is 2.44. The van der Waals surface area contributed by atoms with Crippen LogP contribution in [0.2, 0.25) is 0 Å². The summed E-state index contributed by atoms with van der Waals surface area (Å²) < 4.78 is 40.3. The molecule has 0 heterocycles. The van der Waals surface area contributed by atoms with Crippen LogP contribution < -0.4 is 0 Å². The molecule has 0 amide bonds. The molecule has 0 bridgehead atoms. The lowest BCUT2D eigenvalue weighted by Gasteiger charge is -2.26. The lowest BCUT2D eigenvalue weighted by Crippen LogP contribution is -2.11. The Bertz CT molecular complexity index is 454. The van der Waals surface area contributed by atoms with Gasteiger partial charge in [0, 0.05) is 0 Å². The summed E-state index contributed by atoms with van der Waals surface area (Å²) in [6.07, 6.45) is 0. The fourth-order valence-corrected chi connectivity index (χ4v) is 5.67. The Hall–Kier alpha value is 0.640. The minimum absolute atomic E-state index is 0.141. The normalized spacial score (nSPS) is 15.4. The largest absolute Gasteiger partial charge is 0.482 e. The topological polar surface area (TPSA) is 72.5 Å². The second-order valence-electron chi connectivity index (χ2n) is 7.80. The highest BCUT2D eigenvalue weighted by atomic mass is 32.5. The van der Waals surface area contributed by atoms with Crippen LogP contribution in [0.15, 0.2) is 0 Å². The summed E-state index contributed by atoms with van der Waals surface area (Å²) in [5, 5.41) is 0. The maximum Gasteiger partial charge on any atom is 0.482 e. The van der Waals surface area contributed by atoms with Crippen LogP contribution in [0.5, 0.6) is 0 Å². The number of phosphoric acid groups is 1. The summed E-state index contributed by atoms with van der Waals surface area (Å²) in [6.45, 7) is 13.1. The highest BCUT2D eigenvalue weighted by molar-refractivity contribution is 8.08. The van der Waals surface area contributed by atoms with Gasteiger partial charge in [0.1, 0.15) is 0 Å². The van der Waals surface area contributed by atoms with Crippen molar-refractivity contribution in [2.24, 2.45) is 23.7 Å². The zero-order valence-electron chi connectivity index (χ0n) is 17.3. The van der Waals surface area contributed by atoms with E-state index in [2.05, 4.69) is 0 Å². The fraction of sp³-hybridized carbons (Fsp3) is 1.00. The van der Waals surface area contributed by atoms with Crippen LogP contribution in [0.25, 0.3) is 0 Å². The molecule has 158 valence electrons. The molecule has 0 aliphatic heterocycles. The van der Waals surface area contributed by atoms with Gasteiger partial charge in [0.15, 0.2) is 0 Å². The zero-order valence-corrected chi connectivity index (χ0v) is 19.9. The third-order valence-corrected chi connectivity index (χ3v) is 6.83. The van der Waals surface area contributed by atoms with Gasteiger partial charge in [-0.1, -0.05) is 55.4 Å². The molecular weight excluding hydrogens is 398 g/mol. The van der Waals surface area contributed by atoms with Crippen molar-refractivity contribution in [3.63, 3.8) is 0 Å². The minimum Gasteiger partial charge on any atom is -0.307 e. The van der Waals surface area contributed by atoms with E-state index >= 15 is 0 Å². The minimum atomic E-state index is -3.96. The van der Waals surface area contributed by atoms with Crippen molar-refractivity contribution in [3.05, 3.63) is 0 Å². The van der Waals surface area contributed by atoms with Gasteiger partial charge in [-0.3, -0.25) is 9.05 Å². The summed E-state index contributed by atoms with van der Waals surface area (Å²) in [7, 11) is -3.96. The van der Waals surface area contributed by atoms with Gasteiger partial charge >= 0.3 is 14.5 Å². The van der Waals surface area contributed by atoms with Crippen molar-refractivity contribution in [1.82, 2.24) is 0 Å². The molecule has 0 rings (SSSR count). The molecule has 0 radical (unpaired) electrons. The standard InChI is InChI=1S/C16H36O7P2S/c1-13(2)9-18-22-25(26,21-12-16(7)8)23-24(17,19-10-14(3)4)20-11-15(5)6/h13-16H,9-12H2,1-8H3. The molecule has 0 fully saturated rings. The fourth-order valence-electron chi connectivity index (χ4n) is 1.22. The maximum atomic E-state index is 13.1. The number of rotatable bonds is 15. The van der Waals surface area contributed by atoms with Crippen LogP contribution in [0.4, 0.5) is 0 Å². The molecule has 0 N–H and O–H groups in total. The van der Waals surface area contributed by atoms with Crippen molar-refractivity contribution in [2.75, 3.05) is 26.4 Å². The second kappa shape index (κ2) is 13.0. The third kappa shape index (κ3) is 13.8. The van der Waals surface area contributed by atoms with E-state index in [0.717, 1.165) is 0 Å². The van der Waals surface area contributed by atoms with Crippen LogP contribution >= 0.6 is 14.5 Å². The number of hydrogen-bond donors (Lipinski definition) is 0. The molecule has 10 heteroatoms. The van der Waals surface area contributed by atoms with Crippen molar-refractivity contribution in [3.8, 4) is 0 Å². The molecule has 0 spiro atoms. The Balaban J connectivity index is 5.22. The van der Waals surface area contributed by atoms with Crippen LogP contribution in [-0.4, -0.2) is 26.4 Å². The molecule has 0 aromatic heterocycles. The Kier molecular flexibility index (Phi) is 13.3. The van der Waals surface area contributed by atoms with E-state index in [1.807, 2.05) is 55.4 Å². The molecule has 0 aromatic carbocycles. The Morgan fingerprint density at radius 2 is 1.08 bits per heavy atom. The molecule has 0 aliphatic rings. The van der Waals surface area contributed by atoms with E-state index in [-0.39, 0.29) is 43.5 Å². The van der Waals surface area contributed by atoms with Crippen molar-refractivity contribution >= 4 is 26.3 Å². The van der Waals surface area contributed by atoms with Gasteiger partial charge in [0.2, 0.25) is 0 Å². The van der Waals surface area contributed by atoms with Gasteiger partial charge in [0.05, 0.1) is 26.4 Å². The SMILES string of the molecule is CC(C)COOP(=S)(OCC(C)C)OP(=O)(OCC(C)C)OCC(C)C. The molecule has 0 saturated heterocycles. The van der Waals surface area contributed by atoms with E-state index in [1.54, 1.807) is 0 Å². The average molecular weight is 434 g/mol. The van der Waals surface area contributed by atoms with Crippen LogP contribution in [0.3, 0.4) is 0 Å². The second-order valence-corrected chi connectivity index (χ2v) is 12.5. The van der Waals surface area contributed by atoms with Crippen molar-refractivity contribution in [2.45, 2.75) is 55.4 Å². The van der Waals surface area contributed by atoms with Crippen molar-refractivity contribution < 1.29 is 32.0 Å². The highest BCUT2D eigenvalue weighted by Crippen LogP contribution is 2.66. The van der Waals surface area contributed by atoms with Crippen LogP contribution in [0.1, 0.15) is 55.4 Å². The summed E-state index contributed by atoms with van der Waals surface area (Å²) in [5.74, 6) is 0.691. The molecule has 0 aromatic rings. The molecule has 26 heavy (non-hydrogen) atoms. The zero-order chi connectivity index (χ0) is 20.4. The molecule has 0 aliphatic carbocycles. The van der Waals surface area contributed by atoms with E-state index in [4.69, 9.17) is 39.3 Å². The molecule has 1 atom stereocenters. The number of phosphoric ester groups is 1. The van der Waals surface area contributed by atoms with Gasteiger partial charge in [-0.15, -0.1) is 4.67 Å². The van der Waals surface area contributed by atoms with E-state index in [9.17, 15) is 4.57 Å². The summed E-state index contributed by atoms with van der Waals surface area (Å²) in [4.78, 5) is 5.15. The molecular formula is C16H36O7P2S. The van der Waals surface area contributed by atoms with E-state index < -0.39 is 14.5 Å². The van der Waals surface area contributed by atoms with Gasteiger partial charge in [-0.05, 0) is 35.5 Å². The van der Waals surface area contributed by atoms with Gasteiger partial charge in [0.25, 0.3) is 0 Å². The Morgan fingerprint density at radius 3 is 1.46 bits per heavy atom.